The van der Waals surface area contributed by atoms with E-state index in [4.69, 9.17) is 9.72 Å². The van der Waals surface area contributed by atoms with Crippen LogP contribution in [0.15, 0.2) is 54.7 Å². The van der Waals surface area contributed by atoms with Crippen LogP contribution in [0.2, 0.25) is 0 Å². The lowest BCUT2D eigenvalue weighted by Gasteiger charge is -2.27. The number of piperidine rings is 1. The summed E-state index contributed by atoms with van der Waals surface area (Å²) < 4.78 is 6.41. The predicted octanol–water partition coefficient (Wildman–Crippen LogP) is 5.68. The van der Waals surface area contributed by atoms with Gasteiger partial charge in [-0.3, -0.25) is 9.88 Å². The Balaban J connectivity index is 1.51. The molecular weight excluding hydrogens is 344 g/mol. The largest absolute Gasteiger partial charge is 0.486 e. The van der Waals surface area contributed by atoms with Gasteiger partial charge in [-0.15, -0.1) is 0 Å². The standard InChI is InChI=1S/C25H28N2O/c1-3-8-19(9-4-1)18-28-25-23(20-11-12-20)16-21(17-27-14-5-2-6-15-27)22-10-7-13-26-24(22)25/h1,3-4,7-10,13,16,20H,2,5-6,11-12,14-15,17-18H2. The molecule has 1 aliphatic carbocycles. The maximum Gasteiger partial charge on any atom is 0.149 e. The number of hydrogen-bond donors (Lipinski definition) is 0. The molecule has 2 heterocycles. The zero-order valence-electron chi connectivity index (χ0n) is 16.4. The molecule has 1 aliphatic heterocycles. The van der Waals surface area contributed by atoms with Crippen molar-refractivity contribution < 1.29 is 4.74 Å². The van der Waals surface area contributed by atoms with Gasteiger partial charge >= 0.3 is 0 Å². The van der Waals surface area contributed by atoms with Crippen molar-refractivity contribution in [2.45, 2.75) is 51.2 Å². The van der Waals surface area contributed by atoms with Crippen LogP contribution in [0.25, 0.3) is 10.9 Å². The lowest BCUT2D eigenvalue weighted by Crippen LogP contribution is -2.29. The van der Waals surface area contributed by atoms with Gasteiger partial charge in [0.25, 0.3) is 0 Å². The summed E-state index contributed by atoms with van der Waals surface area (Å²) in [6.07, 6.45) is 8.46. The van der Waals surface area contributed by atoms with Gasteiger partial charge in [-0.1, -0.05) is 42.8 Å². The van der Waals surface area contributed by atoms with Gasteiger partial charge in [-0.05, 0) is 73.5 Å². The van der Waals surface area contributed by atoms with Gasteiger partial charge in [-0.2, -0.15) is 0 Å². The van der Waals surface area contributed by atoms with Crippen LogP contribution >= 0.6 is 0 Å². The van der Waals surface area contributed by atoms with E-state index in [9.17, 15) is 0 Å². The van der Waals surface area contributed by atoms with Crippen LogP contribution < -0.4 is 4.74 Å². The van der Waals surface area contributed by atoms with Crippen LogP contribution in [-0.4, -0.2) is 23.0 Å². The zero-order chi connectivity index (χ0) is 18.8. The third-order valence-corrected chi connectivity index (χ3v) is 6.05. The molecule has 2 fully saturated rings. The molecule has 0 atom stereocenters. The summed E-state index contributed by atoms with van der Waals surface area (Å²) in [5.41, 5.74) is 5.02. The highest BCUT2D eigenvalue weighted by Crippen LogP contribution is 2.47. The van der Waals surface area contributed by atoms with E-state index in [1.54, 1.807) is 0 Å². The first-order valence-electron chi connectivity index (χ1n) is 10.7. The summed E-state index contributed by atoms with van der Waals surface area (Å²) in [6, 6.07) is 17.1. The number of nitrogens with zero attached hydrogens (tertiary/aromatic N) is 2. The predicted molar refractivity (Wildman–Crippen MR) is 114 cm³/mol. The van der Waals surface area contributed by atoms with Crippen LogP contribution in [0.4, 0.5) is 0 Å². The molecule has 28 heavy (non-hydrogen) atoms. The van der Waals surface area contributed by atoms with E-state index in [-0.39, 0.29) is 0 Å². The number of likely N-dealkylation sites (tertiary alicyclic amines) is 1. The summed E-state index contributed by atoms with van der Waals surface area (Å²) in [6.45, 7) is 4.05. The van der Waals surface area contributed by atoms with Gasteiger partial charge in [0.2, 0.25) is 0 Å². The van der Waals surface area contributed by atoms with E-state index >= 15 is 0 Å². The van der Waals surface area contributed by atoms with Gasteiger partial charge in [-0.25, -0.2) is 0 Å². The number of benzene rings is 2. The molecule has 0 bridgehead atoms. The Kier molecular flexibility index (Phi) is 5.01. The minimum absolute atomic E-state index is 0.595. The van der Waals surface area contributed by atoms with Crippen molar-refractivity contribution in [3.8, 4) is 5.75 Å². The normalized spacial score (nSPS) is 17.7. The molecule has 1 saturated heterocycles. The Morgan fingerprint density at radius 3 is 2.57 bits per heavy atom. The third-order valence-electron chi connectivity index (χ3n) is 6.05. The first-order chi connectivity index (χ1) is 13.9. The van der Waals surface area contributed by atoms with Crippen LogP contribution in [-0.2, 0) is 13.2 Å². The van der Waals surface area contributed by atoms with Gasteiger partial charge in [0.1, 0.15) is 17.9 Å². The van der Waals surface area contributed by atoms with E-state index in [1.807, 2.05) is 12.3 Å². The number of pyridine rings is 1. The Morgan fingerprint density at radius 1 is 0.964 bits per heavy atom. The van der Waals surface area contributed by atoms with E-state index in [1.165, 1.54) is 67.3 Å². The molecule has 0 unspecified atom stereocenters. The second-order valence-corrected chi connectivity index (χ2v) is 8.24. The highest BCUT2D eigenvalue weighted by atomic mass is 16.5. The topological polar surface area (TPSA) is 25.4 Å². The molecular formula is C25H28N2O. The molecule has 5 rings (SSSR count). The smallest absolute Gasteiger partial charge is 0.149 e. The fourth-order valence-corrected chi connectivity index (χ4v) is 4.38. The second-order valence-electron chi connectivity index (χ2n) is 8.24. The van der Waals surface area contributed by atoms with Crippen molar-refractivity contribution >= 4 is 10.9 Å². The monoisotopic (exact) mass is 372 g/mol. The van der Waals surface area contributed by atoms with Crippen molar-refractivity contribution in [3.63, 3.8) is 0 Å². The molecule has 3 aromatic rings. The SMILES string of the molecule is c1ccc(COc2c(C3CC3)cc(CN3CCCCC3)c3cccnc23)cc1. The number of fused-ring (bicyclic) bond motifs is 1. The summed E-state index contributed by atoms with van der Waals surface area (Å²) in [7, 11) is 0. The minimum atomic E-state index is 0.595. The molecule has 2 aliphatic rings. The summed E-state index contributed by atoms with van der Waals surface area (Å²) in [5, 5.41) is 1.25. The Bertz CT molecular complexity index is 943. The van der Waals surface area contributed by atoms with Crippen molar-refractivity contribution in [2.75, 3.05) is 13.1 Å². The number of hydrogen-bond acceptors (Lipinski definition) is 3. The van der Waals surface area contributed by atoms with Crippen LogP contribution in [0, 0.1) is 0 Å². The number of rotatable bonds is 6. The minimum Gasteiger partial charge on any atom is -0.486 e. The molecule has 0 radical (unpaired) electrons. The van der Waals surface area contributed by atoms with E-state index in [2.05, 4.69) is 47.4 Å². The van der Waals surface area contributed by atoms with Gasteiger partial charge < -0.3 is 4.74 Å². The molecule has 1 aromatic heterocycles. The maximum absolute atomic E-state index is 6.41. The molecule has 0 N–H and O–H groups in total. The van der Waals surface area contributed by atoms with E-state index < -0.39 is 0 Å². The zero-order valence-corrected chi connectivity index (χ0v) is 16.4. The Hall–Kier alpha value is -2.39. The third kappa shape index (κ3) is 3.77. The number of aromatic nitrogens is 1. The molecule has 3 heteroatoms. The van der Waals surface area contributed by atoms with Crippen molar-refractivity contribution in [3.05, 3.63) is 71.4 Å². The molecule has 1 saturated carbocycles. The molecule has 0 amide bonds. The highest BCUT2D eigenvalue weighted by molar-refractivity contribution is 5.89. The number of ether oxygens (including phenoxy) is 1. The molecule has 0 spiro atoms. The fourth-order valence-electron chi connectivity index (χ4n) is 4.38. The fraction of sp³-hybridized carbons (Fsp3) is 0.400. The Morgan fingerprint density at radius 2 is 1.79 bits per heavy atom. The average molecular weight is 373 g/mol. The molecule has 144 valence electrons. The van der Waals surface area contributed by atoms with Gasteiger partial charge in [0, 0.05) is 18.1 Å². The molecule has 3 nitrogen and oxygen atoms in total. The average Bonchev–Trinajstić information content (AvgIpc) is 3.60. The summed E-state index contributed by atoms with van der Waals surface area (Å²) in [4.78, 5) is 7.38. The van der Waals surface area contributed by atoms with Gasteiger partial charge in [0.05, 0.1) is 0 Å². The van der Waals surface area contributed by atoms with E-state index in [0.717, 1.165) is 17.8 Å². The summed E-state index contributed by atoms with van der Waals surface area (Å²) in [5.74, 6) is 1.64. The first kappa shape index (κ1) is 17.7. The van der Waals surface area contributed by atoms with Crippen molar-refractivity contribution in [1.29, 1.82) is 0 Å². The van der Waals surface area contributed by atoms with Crippen molar-refractivity contribution in [2.24, 2.45) is 0 Å². The Labute approximate surface area is 167 Å². The van der Waals surface area contributed by atoms with Crippen LogP contribution in [0.1, 0.15) is 54.7 Å². The van der Waals surface area contributed by atoms with Crippen LogP contribution in [0.3, 0.4) is 0 Å². The second kappa shape index (κ2) is 7.92. The first-order valence-corrected chi connectivity index (χ1v) is 10.7. The summed E-state index contributed by atoms with van der Waals surface area (Å²) >= 11 is 0. The van der Waals surface area contributed by atoms with Gasteiger partial charge in [0.15, 0.2) is 0 Å². The highest BCUT2D eigenvalue weighted by Gasteiger charge is 2.29. The molecule has 2 aromatic carbocycles. The lowest BCUT2D eigenvalue weighted by molar-refractivity contribution is 0.221. The van der Waals surface area contributed by atoms with E-state index in [0.29, 0.717) is 12.5 Å². The van der Waals surface area contributed by atoms with Crippen molar-refractivity contribution in [1.82, 2.24) is 9.88 Å². The lowest BCUT2D eigenvalue weighted by atomic mass is 9.99. The maximum atomic E-state index is 6.41. The van der Waals surface area contributed by atoms with Crippen LogP contribution in [0.5, 0.6) is 5.75 Å². The quantitative estimate of drug-likeness (QED) is 0.557.